The molecule has 2 fully saturated rings. The van der Waals surface area contributed by atoms with E-state index in [0.29, 0.717) is 55.0 Å². The minimum absolute atomic E-state index is 0.137. The summed E-state index contributed by atoms with van der Waals surface area (Å²) in [5.74, 6) is 1.16. The summed E-state index contributed by atoms with van der Waals surface area (Å²) in [5, 5.41) is 22.6. The van der Waals surface area contributed by atoms with Crippen molar-refractivity contribution < 1.29 is 4.74 Å². The zero-order chi connectivity index (χ0) is 23.9. The molecule has 4 heterocycles. The third-order valence-corrected chi connectivity index (χ3v) is 6.91. The summed E-state index contributed by atoms with van der Waals surface area (Å²) in [6.45, 7) is 3.92. The second kappa shape index (κ2) is 8.76. The molecule has 0 atom stereocenters. The minimum Gasteiger partial charge on any atom is -0.489 e. The van der Waals surface area contributed by atoms with Crippen LogP contribution in [0.3, 0.4) is 0 Å². The van der Waals surface area contributed by atoms with Gasteiger partial charge in [-0.15, -0.1) is 0 Å². The minimum atomic E-state index is 0.137. The Bertz CT molecular complexity index is 1310. The highest BCUT2D eigenvalue weighted by Crippen LogP contribution is 2.38. The molecule has 34 heavy (non-hydrogen) atoms. The van der Waals surface area contributed by atoms with Gasteiger partial charge in [-0.1, -0.05) is 23.2 Å². The topological polar surface area (TPSA) is 124 Å². The quantitative estimate of drug-likeness (QED) is 0.353. The number of benzene rings is 1. The van der Waals surface area contributed by atoms with Crippen molar-refractivity contribution in [2.75, 3.05) is 36.8 Å². The lowest BCUT2D eigenvalue weighted by molar-refractivity contribution is 0.120. The Balaban J connectivity index is 1.35. The van der Waals surface area contributed by atoms with Crippen LogP contribution in [0.4, 0.5) is 11.5 Å². The predicted octanol–water partition coefficient (Wildman–Crippen LogP) is 3.64. The second-order valence-electron chi connectivity index (χ2n) is 8.66. The lowest BCUT2D eigenvalue weighted by atomic mass is 9.74. The number of nitrogens with one attached hydrogen (secondary N) is 2. The molecule has 1 spiro atoms. The number of hydrogen-bond donors (Lipinski definition) is 3. The monoisotopic (exact) mass is 493 g/mol. The molecular formula is C24H21Cl2N7O. The van der Waals surface area contributed by atoms with E-state index in [1.807, 2.05) is 0 Å². The lowest BCUT2D eigenvalue weighted by Crippen LogP contribution is -2.71. The third kappa shape index (κ3) is 4.03. The lowest BCUT2D eigenvalue weighted by Gasteiger charge is -2.56. The van der Waals surface area contributed by atoms with Crippen molar-refractivity contribution in [2.24, 2.45) is 5.41 Å². The first kappa shape index (κ1) is 22.4. The molecular weight excluding hydrogens is 473 g/mol. The van der Waals surface area contributed by atoms with Crippen molar-refractivity contribution >= 4 is 40.4 Å². The van der Waals surface area contributed by atoms with Gasteiger partial charge in [-0.25, -0.2) is 4.98 Å². The van der Waals surface area contributed by atoms with Gasteiger partial charge >= 0.3 is 0 Å². The highest BCUT2D eigenvalue weighted by atomic mass is 35.5. The molecule has 0 amide bonds. The van der Waals surface area contributed by atoms with Crippen molar-refractivity contribution in [1.82, 2.24) is 15.3 Å². The fourth-order valence-corrected chi connectivity index (χ4v) is 4.75. The Kier molecular flexibility index (Phi) is 5.78. The molecule has 1 aromatic carbocycles. The predicted molar refractivity (Wildman–Crippen MR) is 132 cm³/mol. The fraction of sp³-hybridized carbons (Fsp3) is 0.250. The summed E-state index contributed by atoms with van der Waals surface area (Å²) in [4.78, 5) is 10.6. The molecule has 2 aromatic heterocycles. The van der Waals surface area contributed by atoms with Gasteiger partial charge in [0.15, 0.2) is 0 Å². The zero-order valence-corrected chi connectivity index (χ0v) is 19.6. The van der Waals surface area contributed by atoms with Crippen LogP contribution < -0.4 is 20.7 Å². The third-order valence-electron chi connectivity index (χ3n) is 6.26. The number of pyridine rings is 2. The van der Waals surface area contributed by atoms with Gasteiger partial charge in [-0.2, -0.15) is 5.26 Å². The van der Waals surface area contributed by atoms with Gasteiger partial charge in [0, 0.05) is 72.6 Å². The molecule has 0 aliphatic carbocycles. The number of nitrogen functional groups attached to an aromatic ring is 1. The Morgan fingerprint density at radius 2 is 1.94 bits per heavy atom. The Labute approximate surface area is 206 Å². The molecule has 2 aliphatic rings. The summed E-state index contributed by atoms with van der Waals surface area (Å²) >= 11 is 12.3. The van der Waals surface area contributed by atoms with Crippen LogP contribution in [0.1, 0.15) is 22.3 Å². The molecule has 4 N–H and O–H groups in total. The number of halogens is 2. The maximum absolute atomic E-state index is 9.72. The summed E-state index contributed by atoms with van der Waals surface area (Å²) in [7, 11) is 0. The van der Waals surface area contributed by atoms with Crippen molar-refractivity contribution in [2.45, 2.75) is 6.61 Å². The normalized spacial score (nSPS) is 15.9. The zero-order valence-electron chi connectivity index (χ0n) is 18.1. The van der Waals surface area contributed by atoms with Crippen LogP contribution in [0, 0.1) is 22.2 Å². The first-order chi connectivity index (χ1) is 16.4. The van der Waals surface area contributed by atoms with E-state index < -0.39 is 0 Å². The summed E-state index contributed by atoms with van der Waals surface area (Å²) in [5.41, 5.74) is 9.11. The van der Waals surface area contributed by atoms with Crippen molar-refractivity contribution in [3.8, 4) is 11.8 Å². The van der Waals surface area contributed by atoms with Crippen LogP contribution in [-0.4, -0.2) is 41.9 Å². The van der Waals surface area contributed by atoms with Gasteiger partial charge in [0.05, 0.1) is 21.3 Å². The van der Waals surface area contributed by atoms with E-state index in [-0.39, 0.29) is 12.3 Å². The first-order valence-electron chi connectivity index (χ1n) is 10.6. The molecule has 0 saturated carbocycles. The first-order valence-corrected chi connectivity index (χ1v) is 11.4. The van der Waals surface area contributed by atoms with Crippen LogP contribution in [0.25, 0.3) is 0 Å². The van der Waals surface area contributed by atoms with Crippen molar-refractivity contribution in [3.05, 3.63) is 75.2 Å². The fourth-order valence-electron chi connectivity index (χ4n) is 4.27. The van der Waals surface area contributed by atoms with Gasteiger partial charge < -0.3 is 20.7 Å². The van der Waals surface area contributed by atoms with E-state index in [9.17, 15) is 5.26 Å². The van der Waals surface area contributed by atoms with Gasteiger partial charge in [0.2, 0.25) is 0 Å². The molecule has 0 bridgehead atoms. The van der Waals surface area contributed by atoms with E-state index >= 15 is 0 Å². The molecule has 5 rings (SSSR count). The summed E-state index contributed by atoms with van der Waals surface area (Å²) < 4.78 is 5.86. The van der Waals surface area contributed by atoms with E-state index in [1.54, 1.807) is 30.5 Å². The van der Waals surface area contributed by atoms with Gasteiger partial charge in [-0.3, -0.25) is 10.4 Å². The maximum atomic E-state index is 9.72. The molecule has 172 valence electrons. The second-order valence-corrected chi connectivity index (χ2v) is 9.48. The largest absolute Gasteiger partial charge is 0.489 e. The smallest absolute Gasteiger partial charge is 0.146 e. The number of ether oxygens (including phenoxy) is 1. The molecule has 0 unspecified atom stereocenters. The van der Waals surface area contributed by atoms with Crippen LogP contribution in [0.2, 0.25) is 10.0 Å². The molecule has 2 aliphatic heterocycles. The van der Waals surface area contributed by atoms with Gasteiger partial charge in [0.25, 0.3) is 0 Å². The van der Waals surface area contributed by atoms with E-state index in [1.165, 1.54) is 12.4 Å². The molecule has 10 heteroatoms. The van der Waals surface area contributed by atoms with Crippen LogP contribution in [0.15, 0.2) is 42.9 Å². The number of hydrogen-bond acceptors (Lipinski definition) is 8. The molecule has 3 aromatic rings. The summed E-state index contributed by atoms with van der Waals surface area (Å²) in [6, 6.07) is 8.99. The van der Waals surface area contributed by atoms with Crippen molar-refractivity contribution in [3.63, 3.8) is 0 Å². The standard InChI is InChI=1S/C24H21Cl2N7O/c25-19-7-30-8-20(26)18(19)9-34-16-1-2-21(28)17(4-16)22(29)15-3-14(5-27)23(32-6-15)33-12-24(13-33)10-31-11-24/h1-4,6-8,29,31H,9-13,28H2. The molecule has 0 radical (unpaired) electrons. The Hall–Kier alpha value is -3.38. The number of nitrogens with zero attached hydrogens (tertiary/aromatic N) is 4. The van der Waals surface area contributed by atoms with Gasteiger partial charge in [-0.05, 0) is 24.3 Å². The Morgan fingerprint density at radius 3 is 2.59 bits per heavy atom. The van der Waals surface area contributed by atoms with E-state index in [2.05, 4.69) is 26.3 Å². The molecule has 8 nitrogen and oxygen atoms in total. The number of aromatic nitrogens is 2. The number of rotatable bonds is 6. The number of nitriles is 1. The average molecular weight is 494 g/mol. The number of nitrogens with two attached hydrogens (primary N) is 1. The van der Waals surface area contributed by atoms with Crippen LogP contribution in [0.5, 0.6) is 5.75 Å². The van der Waals surface area contributed by atoms with Crippen molar-refractivity contribution in [1.29, 1.82) is 10.7 Å². The van der Waals surface area contributed by atoms with Gasteiger partial charge in [0.1, 0.15) is 24.2 Å². The SMILES string of the molecule is N#Cc1cc(C(=N)c2cc(OCc3c(Cl)cncc3Cl)ccc2N)cnc1N1CC2(CNC2)C1. The average Bonchev–Trinajstić information content (AvgIpc) is 2.77. The summed E-state index contributed by atoms with van der Waals surface area (Å²) in [6.07, 6.45) is 4.62. The molecule has 2 saturated heterocycles. The van der Waals surface area contributed by atoms with Crippen LogP contribution >= 0.6 is 23.2 Å². The van der Waals surface area contributed by atoms with Crippen LogP contribution in [-0.2, 0) is 6.61 Å². The maximum Gasteiger partial charge on any atom is 0.146 e. The van der Waals surface area contributed by atoms with E-state index in [4.69, 9.17) is 39.1 Å². The Morgan fingerprint density at radius 1 is 1.21 bits per heavy atom. The number of anilines is 2. The highest BCUT2D eigenvalue weighted by molar-refractivity contribution is 6.35. The highest BCUT2D eigenvalue weighted by Gasteiger charge is 2.48. The van der Waals surface area contributed by atoms with E-state index in [0.717, 1.165) is 26.2 Å².